The molecule has 2 aromatic carbocycles. The zero-order chi connectivity index (χ0) is 21.6. The van der Waals surface area contributed by atoms with Crippen molar-refractivity contribution >= 4 is 33.4 Å². The number of rotatable bonds is 8. The van der Waals surface area contributed by atoms with Gasteiger partial charge in [0.05, 0.1) is 25.6 Å². The smallest absolute Gasteiger partial charge is 0.0896 e. The Hall–Kier alpha value is -2.77. The Balaban J connectivity index is 2.67. The van der Waals surface area contributed by atoms with Crippen LogP contribution in [0.3, 0.4) is 0 Å². The highest BCUT2D eigenvalue weighted by molar-refractivity contribution is 8.01. The van der Waals surface area contributed by atoms with E-state index in [0.29, 0.717) is 27.8 Å². The van der Waals surface area contributed by atoms with Gasteiger partial charge in [-0.3, -0.25) is 4.99 Å². The second-order valence-corrected chi connectivity index (χ2v) is 9.22. The molecular weight excluding hydrogens is 376 g/mol. The fourth-order valence-corrected chi connectivity index (χ4v) is 5.16. The van der Waals surface area contributed by atoms with Crippen LogP contribution < -0.4 is 10.1 Å². The van der Waals surface area contributed by atoms with Crippen LogP contribution in [0.4, 0.5) is 5.69 Å². The number of anilines is 1. The van der Waals surface area contributed by atoms with E-state index in [1.54, 1.807) is 31.3 Å². The van der Waals surface area contributed by atoms with Crippen molar-refractivity contribution in [3.63, 3.8) is 0 Å². The van der Waals surface area contributed by atoms with Gasteiger partial charge in [0.2, 0.25) is 0 Å². The summed E-state index contributed by atoms with van der Waals surface area (Å²) in [7, 11) is -1.20. The fourth-order valence-electron chi connectivity index (χ4n) is 3.68. The molecule has 0 fully saturated rings. The summed E-state index contributed by atoms with van der Waals surface area (Å²) in [6.07, 6.45) is 4.47. The number of benzene rings is 1. The van der Waals surface area contributed by atoms with Crippen molar-refractivity contribution in [2.75, 3.05) is 11.8 Å². The van der Waals surface area contributed by atoms with E-state index < -0.39 is 9.71 Å². The Morgan fingerprint density at radius 1 is 1.21 bits per heavy atom. The summed E-state index contributed by atoms with van der Waals surface area (Å²) in [6.45, 7) is 14.4. The topological polar surface area (TPSA) is 41.5 Å². The molecule has 0 aliphatic rings. The van der Waals surface area contributed by atoms with Crippen LogP contribution in [0.1, 0.15) is 49.8 Å². The number of nitrogens with zero attached hydrogens (tertiary/aromatic N) is 1. The molecule has 0 saturated heterocycles. The largest absolute Gasteiger partial charge is 0.306 e. The third-order valence-corrected chi connectivity index (χ3v) is 6.69. The van der Waals surface area contributed by atoms with Crippen molar-refractivity contribution in [3.05, 3.63) is 77.7 Å². The normalized spacial score (nSPS) is 14.6. The van der Waals surface area contributed by atoms with Crippen LogP contribution in [0.25, 0.3) is 12.2 Å². The van der Waals surface area contributed by atoms with E-state index in [1.807, 2.05) is 12.1 Å². The number of hydrogen-bond acceptors (Lipinski definition) is 2. The van der Waals surface area contributed by atoms with Crippen molar-refractivity contribution in [1.29, 1.82) is 0 Å². The molecule has 29 heavy (non-hydrogen) atoms. The summed E-state index contributed by atoms with van der Waals surface area (Å²) in [6, 6.07) is 15.2. The third kappa shape index (κ3) is 4.81. The lowest BCUT2D eigenvalue weighted by Crippen LogP contribution is -2.21. The van der Waals surface area contributed by atoms with Crippen molar-refractivity contribution < 1.29 is 4.21 Å². The van der Waals surface area contributed by atoms with Crippen molar-refractivity contribution in [1.82, 2.24) is 0 Å². The predicted octanol–water partition coefficient (Wildman–Crippen LogP) is 5.36. The van der Waals surface area contributed by atoms with Crippen LogP contribution in [0.15, 0.2) is 53.4 Å². The van der Waals surface area contributed by atoms with Crippen LogP contribution in [0, 0.1) is 18.1 Å². The Bertz CT molecular complexity index is 1070. The van der Waals surface area contributed by atoms with Crippen LogP contribution >= 0.6 is 0 Å². The standard InChI is InChI=1S/C25H30N2OS/c1-8-19-14-11-12-16-23(25(19)26-6)27-29(7,28)24-17-13-15-22(21(24)10-3)20(9-2)18(4)5/h8,10,13-18,20H,1,3,7,9H2,2,4-6H3,(H,27,28). The molecule has 0 spiro atoms. The van der Waals surface area contributed by atoms with Gasteiger partial charge in [0.25, 0.3) is 0 Å². The third-order valence-electron chi connectivity index (χ3n) is 5.08. The first-order chi connectivity index (χ1) is 13.8. The van der Waals surface area contributed by atoms with E-state index >= 15 is 0 Å². The molecule has 0 aliphatic heterocycles. The highest BCUT2D eigenvalue weighted by atomic mass is 32.2. The zero-order valence-corrected chi connectivity index (χ0v) is 18.6. The van der Waals surface area contributed by atoms with Crippen molar-refractivity contribution in [2.45, 2.75) is 38.0 Å². The van der Waals surface area contributed by atoms with Crippen LogP contribution in [-0.2, 0) is 9.71 Å². The Kier molecular flexibility index (Phi) is 7.47. The molecule has 0 saturated carbocycles. The maximum Gasteiger partial charge on any atom is 0.0896 e. The van der Waals surface area contributed by atoms with Gasteiger partial charge < -0.3 is 4.72 Å². The van der Waals surface area contributed by atoms with Crippen LogP contribution in [0.5, 0.6) is 0 Å². The second-order valence-electron chi connectivity index (χ2n) is 7.22. The summed E-state index contributed by atoms with van der Waals surface area (Å²) in [5.74, 6) is 4.85. The summed E-state index contributed by atoms with van der Waals surface area (Å²) in [5, 5.41) is 0.638. The van der Waals surface area contributed by atoms with Crippen LogP contribution in [0.2, 0.25) is 0 Å². The molecule has 0 amide bonds. The van der Waals surface area contributed by atoms with Gasteiger partial charge in [-0.2, -0.15) is 0 Å². The van der Waals surface area contributed by atoms with E-state index in [2.05, 4.69) is 67.7 Å². The highest BCUT2D eigenvalue weighted by Crippen LogP contribution is 2.34. The number of hydrogen-bond donors (Lipinski definition) is 1. The Labute approximate surface area is 176 Å². The molecule has 2 atom stereocenters. The lowest BCUT2D eigenvalue weighted by atomic mass is 9.84. The zero-order valence-electron chi connectivity index (χ0n) is 17.8. The van der Waals surface area contributed by atoms with Gasteiger partial charge in [0.15, 0.2) is 0 Å². The molecule has 3 nitrogen and oxygen atoms in total. The van der Waals surface area contributed by atoms with Gasteiger partial charge in [-0.15, -0.1) is 0 Å². The highest BCUT2D eigenvalue weighted by Gasteiger charge is 2.21. The molecule has 2 aromatic rings. The van der Waals surface area contributed by atoms with Gasteiger partial charge in [-0.1, -0.05) is 70.3 Å². The monoisotopic (exact) mass is 406 g/mol. The maximum absolute atomic E-state index is 13.8. The van der Waals surface area contributed by atoms with Gasteiger partial charge in [-0.25, -0.2) is 4.21 Å². The second kappa shape index (κ2) is 9.62. The van der Waals surface area contributed by atoms with Crippen molar-refractivity contribution in [3.8, 4) is 0 Å². The van der Waals surface area contributed by atoms with Crippen molar-refractivity contribution in [2.24, 2.45) is 10.9 Å². The molecule has 0 bridgehead atoms. The van der Waals surface area contributed by atoms with E-state index in [9.17, 15) is 4.21 Å². The Morgan fingerprint density at radius 2 is 1.90 bits per heavy atom. The van der Waals surface area contributed by atoms with Gasteiger partial charge in [0, 0.05) is 18.7 Å². The SMILES string of the molecule is C=Cc1c(C(CC)C(C)C)cccc1S(=C)(=O)Nc1cc#ccc(C=C)c1=NC. The first kappa shape index (κ1) is 22.5. The minimum absolute atomic E-state index is 0.351. The summed E-state index contributed by atoms with van der Waals surface area (Å²) in [4.78, 5) is 4.98. The lowest BCUT2D eigenvalue weighted by molar-refractivity contribution is 0.484. The molecule has 2 rings (SSSR count). The maximum atomic E-state index is 13.8. The summed E-state index contributed by atoms with van der Waals surface area (Å²) < 4.78 is 16.9. The molecule has 4 heteroatoms. The van der Waals surface area contributed by atoms with Gasteiger partial charge in [-0.05, 0) is 47.4 Å². The molecule has 1 N–H and O–H groups in total. The van der Waals surface area contributed by atoms with E-state index in [-0.39, 0.29) is 0 Å². The van der Waals surface area contributed by atoms with E-state index in [1.165, 1.54) is 0 Å². The van der Waals surface area contributed by atoms with Crippen LogP contribution in [-0.4, -0.2) is 17.1 Å². The minimum atomic E-state index is -2.88. The quantitative estimate of drug-likeness (QED) is 0.590. The average molecular weight is 407 g/mol. The molecular formula is C25H30N2OS. The van der Waals surface area contributed by atoms with E-state index in [4.69, 9.17) is 0 Å². The van der Waals surface area contributed by atoms with Gasteiger partial charge in [0.1, 0.15) is 0 Å². The lowest BCUT2D eigenvalue weighted by Gasteiger charge is -2.24. The number of nitrogens with one attached hydrogen (secondary N) is 1. The molecule has 0 heterocycles. The Morgan fingerprint density at radius 3 is 2.45 bits per heavy atom. The molecule has 0 aliphatic carbocycles. The first-order valence-corrected chi connectivity index (χ1v) is 11.4. The molecule has 0 radical (unpaired) electrons. The van der Waals surface area contributed by atoms with E-state index in [0.717, 1.165) is 23.1 Å². The molecule has 2 unspecified atom stereocenters. The molecule has 152 valence electrons. The predicted molar refractivity (Wildman–Crippen MR) is 127 cm³/mol. The summed E-state index contributed by atoms with van der Waals surface area (Å²) >= 11 is 0. The first-order valence-electron chi connectivity index (χ1n) is 9.72. The summed E-state index contributed by atoms with van der Waals surface area (Å²) in [5.41, 5.74) is 3.38. The minimum Gasteiger partial charge on any atom is -0.306 e. The van der Waals surface area contributed by atoms with Gasteiger partial charge >= 0.3 is 0 Å². The average Bonchev–Trinajstić information content (AvgIpc) is 2.88. The molecule has 0 aromatic heterocycles. The fraction of sp³-hybridized carbons (Fsp3) is 0.280.